The summed E-state index contributed by atoms with van der Waals surface area (Å²) in [6, 6.07) is 11.1. The van der Waals surface area contributed by atoms with Gasteiger partial charge in [0.2, 0.25) is 5.91 Å². The summed E-state index contributed by atoms with van der Waals surface area (Å²) in [6.45, 7) is 5.41. The standard InChI is InChI=1S/C28H28N8O/c1-16(29)25-27(31-5)26(34-15-33-25)21-13-22(35-24(14-21)36-28(37)18(3)30-4)8-6-19-7-9-23-17(2)32-11-10-20(23)12-19/h7,9-15,18,29-31H,1-5H3,(H,35,36,37). The fourth-order valence-corrected chi connectivity index (χ4v) is 3.83. The molecule has 4 rings (SSSR count). The number of likely N-dealkylation sites (N-methyl/N-ethyl adjacent to an activating group) is 1. The van der Waals surface area contributed by atoms with Crippen molar-refractivity contribution in [2.75, 3.05) is 24.7 Å². The van der Waals surface area contributed by atoms with Gasteiger partial charge in [0, 0.05) is 35.5 Å². The summed E-state index contributed by atoms with van der Waals surface area (Å²) in [5.41, 5.74) is 4.93. The fourth-order valence-electron chi connectivity index (χ4n) is 3.83. The van der Waals surface area contributed by atoms with Crippen molar-refractivity contribution in [3.05, 3.63) is 71.6 Å². The highest BCUT2D eigenvalue weighted by Gasteiger charge is 2.17. The van der Waals surface area contributed by atoms with Crippen LogP contribution in [0.1, 0.15) is 36.5 Å². The number of pyridine rings is 2. The molecule has 0 aliphatic carbocycles. The summed E-state index contributed by atoms with van der Waals surface area (Å²) in [6.07, 6.45) is 3.20. The van der Waals surface area contributed by atoms with Gasteiger partial charge in [0.1, 0.15) is 23.5 Å². The molecule has 1 atom stereocenters. The molecule has 0 bridgehead atoms. The third-order valence-corrected chi connectivity index (χ3v) is 5.93. The van der Waals surface area contributed by atoms with Gasteiger partial charge >= 0.3 is 0 Å². The maximum Gasteiger partial charge on any atom is 0.242 e. The molecule has 0 spiro atoms. The van der Waals surface area contributed by atoms with Crippen LogP contribution < -0.4 is 16.0 Å². The summed E-state index contributed by atoms with van der Waals surface area (Å²) in [7, 11) is 3.47. The van der Waals surface area contributed by atoms with Gasteiger partial charge < -0.3 is 21.4 Å². The highest BCUT2D eigenvalue weighted by molar-refractivity contribution is 6.02. The molecule has 0 radical (unpaired) electrons. The molecular weight excluding hydrogens is 464 g/mol. The first-order valence-electron chi connectivity index (χ1n) is 11.8. The lowest BCUT2D eigenvalue weighted by atomic mass is 10.1. The number of carbonyl (C=O) groups is 1. The van der Waals surface area contributed by atoms with E-state index in [0.29, 0.717) is 39.9 Å². The van der Waals surface area contributed by atoms with Gasteiger partial charge in [-0.3, -0.25) is 9.78 Å². The zero-order valence-corrected chi connectivity index (χ0v) is 21.4. The Labute approximate surface area is 215 Å². The van der Waals surface area contributed by atoms with Crippen LogP contribution in [0.2, 0.25) is 0 Å². The normalized spacial score (nSPS) is 11.4. The highest BCUT2D eigenvalue weighted by atomic mass is 16.2. The second-order valence-electron chi connectivity index (χ2n) is 8.53. The number of carbonyl (C=O) groups excluding carboxylic acids is 1. The number of aromatic nitrogens is 4. The largest absolute Gasteiger partial charge is 0.385 e. The molecule has 0 saturated carbocycles. The molecule has 0 saturated heterocycles. The average molecular weight is 493 g/mol. The van der Waals surface area contributed by atoms with Gasteiger partial charge in [0.25, 0.3) is 0 Å². The SMILES string of the molecule is CNc1c(C(C)=N)ncnc1-c1cc(C#Cc2ccc3c(C)nccc3c2)nc(NC(=O)C(C)NC)c1. The number of hydrogen-bond donors (Lipinski definition) is 4. The van der Waals surface area contributed by atoms with Gasteiger partial charge in [-0.05, 0) is 69.5 Å². The summed E-state index contributed by atoms with van der Waals surface area (Å²) < 4.78 is 0. The molecular formula is C28H28N8O. The Morgan fingerprint density at radius 3 is 2.59 bits per heavy atom. The Balaban J connectivity index is 1.81. The Morgan fingerprint density at radius 2 is 1.86 bits per heavy atom. The minimum Gasteiger partial charge on any atom is -0.385 e. The van der Waals surface area contributed by atoms with E-state index in [4.69, 9.17) is 5.41 Å². The molecule has 4 aromatic rings. The Morgan fingerprint density at radius 1 is 1.05 bits per heavy atom. The van der Waals surface area contributed by atoms with Crippen LogP contribution in [0.4, 0.5) is 11.5 Å². The van der Waals surface area contributed by atoms with E-state index in [9.17, 15) is 4.79 Å². The number of fused-ring (bicyclic) bond motifs is 1. The van der Waals surface area contributed by atoms with Gasteiger partial charge in [-0.1, -0.05) is 12.0 Å². The zero-order valence-electron chi connectivity index (χ0n) is 21.4. The molecule has 4 N–H and O–H groups in total. The summed E-state index contributed by atoms with van der Waals surface area (Å²) >= 11 is 0. The van der Waals surface area contributed by atoms with Crippen LogP contribution in [0.15, 0.2) is 48.9 Å². The van der Waals surface area contributed by atoms with E-state index >= 15 is 0 Å². The molecule has 3 heterocycles. The van der Waals surface area contributed by atoms with Crippen LogP contribution in [-0.4, -0.2) is 51.7 Å². The monoisotopic (exact) mass is 492 g/mol. The molecule has 186 valence electrons. The smallest absolute Gasteiger partial charge is 0.242 e. The van der Waals surface area contributed by atoms with Crippen molar-refractivity contribution < 1.29 is 4.79 Å². The Bertz CT molecular complexity index is 1570. The molecule has 1 amide bonds. The first-order valence-corrected chi connectivity index (χ1v) is 11.8. The van der Waals surface area contributed by atoms with Gasteiger partial charge in [-0.25, -0.2) is 15.0 Å². The first-order chi connectivity index (χ1) is 17.8. The molecule has 1 unspecified atom stereocenters. The minimum absolute atomic E-state index is 0.225. The topological polar surface area (TPSA) is 129 Å². The lowest BCUT2D eigenvalue weighted by molar-refractivity contribution is -0.117. The van der Waals surface area contributed by atoms with E-state index in [2.05, 4.69) is 47.7 Å². The molecule has 9 heteroatoms. The van der Waals surface area contributed by atoms with E-state index in [1.807, 2.05) is 37.3 Å². The number of anilines is 2. The number of nitrogens with zero attached hydrogens (tertiary/aromatic N) is 4. The Kier molecular flexibility index (Phi) is 7.51. The lowest BCUT2D eigenvalue weighted by Crippen LogP contribution is -2.35. The second kappa shape index (κ2) is 10.9. The van der Waals surface area contributed by atoms with Crippen molar-refractivity contribution in [2.45, 2.75) is 26.8 Å². The van der Waals surface area contributed by atoms with Gasteiger partial charge in [-0.2, -0.15) is 0 Å². The van der Waals surface area contributed by atoms with E-state index in [1.54, 1.807) is 40.2 Å². The number of aryl methyl sites for hydroxylation is 1. The van der Waals surface area contributed by atoms with E-state index in [0.717, 1.165) is 22.0 Å². The quantitative estimate of drug-likeness (QED) is 0.238. The average Bonchev–Trinajstić information content (AvgIpc) is 2.90. The molecule has 1 aromatic carbocycles. The van der Waals surface area contributed by atoms with Crippen molar-refractivity contribution in [3.8, 4) is 23.1 Å². The summed E-state index contributed by atoms with van der Waals surface area (Å²) in [5, 5.41) is 19.1. The predicted octanol–water partition coefficient (Wildman–Crippen LogP) is 3.77. The molecule has 0 fully saturated rings. The molecule has 9 nitrogen and oxygen atoms in total. The van der Waals surface area contributed by atoms with Crippen molar-refractivity contribution in [1.82, 2.24) is 25.3 Å². The lowest BCUT2D eigenvalue weighted by Gasteiger charge is -2.14. The van der Waals surface area contributed by atoms with Crippen molar-refractivity contribution in [3.63, 3.8) is 0 Å². The van der Waals surface area contributed by atoms with Gasteiger partial charge in [-0.15, -0.1) is 0 Å². The van der Waals surface area contributed by atoms with Crippen LogP contribution >= 0.6 is 0 Å². The van der Waals surface area contributed by atoms with Gasteiger partial charge in [0.15, 0.2) is 0 Å². The van der Waals surface area contributed by atoms with Crippen LogP contribution in [0.3, 0.4) is 0 Å². The molecule has 37 heavy (non-hydrogen) atoms. The fraction of sp³-hybridized carbons (Fsp3) is 0.214. The Hall–Kier alpha value is -4.68. The number of benzene rings is 1. The van der Waals surface area contributed by atoms with Crippen LogP contribution in [0.5, 0.6) is 0 Å². The van der Waals surface area contributed by atoms with Crippen LogP contribution in [0, 0.1) is 24.2 Å². The first kappa shape index (κ1) is 25.4. The second-order valence-corrected chi connectivity index (χ2v) is 8.53. The number of hydrogen-bond acceptors (Lipinski definition) is 8. The van der Waals surface area contributed by atoms with E-state index in [-0.39, 0.29) is 5.91 Å². The van der Waals surface area contributed by atoms with Gasteiger partial charge in [0.05, 0.1) is 23.1 Å². The maximum atomic E-state index is 12.6. The number of nitrogens with one attached hydrogen (secondary N) is 4. The minimum atomic E-state index is -0.408. The van der Waals surface area contributed by atoms with E-state index in [1.165, 1.54) is 6.33 Å². The van der Waals surface area contributed by atoms with Crippen molar-refractivity contribution >= 4 is 33.9 Å². The summed E-state index contributed by atoms with van der Waals surface area (Å²) in [5.74, 6) is 6.44. The summed E-state index contributed by atoms with van der Waals surface area (Å²) in [4.78, 5) is 30.2. The van der Waals surface area contributed by atoms with E-state index < -0.39 is 6.04 Å². The highest BCUT2D eigenvalue weighted by Crippen LogP contribution is 2.30. The van der Waals surface area contributed by atoms with Crippen molar-refractivity contribution in [1.29, 1.82) is 5.41 Å². The van der Waals surface area contributed by atoms with Crippen molar-refractivity contribution in [2.24, 2.45) is 0 Å². The maximum absolute atomic E-state index is 12.6. The molecule has 0 aliphatic heterocycles. The van der Waals surface area contributed by atoms with Crippen LogP contribution in [0.25, 0.3) is 22.0 Å². The molecule has 0 aliphatic rings. The number of rotatable bonds is 6. The number of amides is 1. The third-order valence-electron chi connectivity index (χ3n) is 5.93. The molecule has 3 aromatic heterocycles. The predicted molar refractivity (Wildman–Crippen MR) is 147 cm³/mol. The van der Waals surface area contributed by atoms with Crippen LogP contribution in [-0.2, 0) is 4.79 Å². The third kappa shape index (κ3) is 5.60. The zero-order chi connectivity index (χ0) is 26.5.